The fraction of sp³-hybridized carbons (Fsp3) is 0.333. The number of amides is 2. The molecule has 5 nitrogen and oxygen atoms in total. The Labute approximate surface area is 118 Å². The van der Waals surface area contributed by atoms with Crippen molar-refractivity contribution in [3.05, 3.63) is 48.0 Å². The smallest absolute Gasteiger partial charge is 0.333 e. The number of nitrogens with one attached hydrogen (secondary N) is 2. The highest BCUT2D eigenvalue weighted by Gasteiger charge is 2.36. The van der Waals surface area contributed by atoms with Crippen molar-refractivity contribution in [3.8, 4) is 0 Å². The summed E-state index contributed by atoms with van der Waals surface area (Å²) in [6.07, 6.45) is 0.759. The Hall–Kier alpha value is -2.30. The first-order valence-corrected chi connectivity index (χ1v) is 6.41. The van der Waals surface area contributed by atoms with Gasteiger partial charge in [-0.3, -0.25) is 0 Å². The van der Waals surface area contributed by atoms with Gasteiger partial charge in [0.2, 0.25) is 0 Å². The number of hydrogen-bond donors (Lipinski definition) is 3. The third kappa shape index (κ3) is 3.85. The molecule has 1 rings (SSSR count). The van der Waals surface area contributed by atoms with Crippen molar-refractivity contribution in [2.45, 2.75) is 25.8 Å². The summed E-state index contributed by atoms with van der Waals surface area (Å²) in [4.78, 5) is 23.3. The molecule has 108 valence electrons. The maximum Gasteiger partial charge on any atom is 0.333 e. The minimum Gasteiger partial charge on any atom is -0.479 e. The first-order chi connectivity index (χ1) is 9.40. The predicted molar refractivity (Wildman–Crippen MR) is 77.4 cm³/mol. The van der Waals surface area contributed by atoms with Gasteiger partial charge in [0.05, 0.1) is 0 Å². The molecule has 1 unspecified atom stereocenters. The molecule has 0 aliphatic heterocycles. The topological polar surface area (TPSA) is 78.4 Å². The van der Waals surface area contributed by atoms with Crippen molar-refractivity contribution in [2.75, 3.05) is 6.54 Å². The third-order valence-corrected chi connectivity index (χ3v) is 3.14. The molecular formula is C15H20N2O3. The highest BCUT2D eigenvalue weighted by Crippen LogP contribution is 2.20. The molecule has 0 radical (unpaired) electrons. The quantitative estimate of drug-likeness (QED) is 0.697. The van der Waals surface area contributed by atoms with Crippen LogP contribution < -0.4 is 10.6 Å². The molecule has 0 aliphatic carbocycles. The van der Waals surface area contributed by atoms with E-state index < -0.39 is 17.5 Å². The van der Waals surface area contributed by atoms with Crippen molar-refractivity contribution in [3.63, 3.8) is 0 Å². The highest BCUT2D eigenvalue weighted by atomic mass is 16.4. The fourth-order valence-electron chi connectivity index (χ4n) is 1.62. The molecule has 0 bridgehead atoms. The minimum absolute atomic E-state index is 0.326. The van der Waals surface area contributed by atoms with Gasteiger partial charge in [-0.25, -0.2) is 9.59 Å². The van der Waals surface area contributed by atoms with Gasteiger partial charge in [0.25, 0.3) is 0 Å². The molecule has 5 heteroatoms. The average Bonchev–Trinajstić information content (AvgIpc) is 2.45. The van der Waals surface area contributed by atoms with E-state index in [0.717, 1.165) is 12.0 Å². The molecule has 1 aromatic rings. The van der Waals surface area contributed by atoms with Gasteiger partial charge in [0.1, 0.15) is 0 Å². The Kier molecular flexibility index (Phi) is 5.32. The van der Waals surface area contributed by atoms with E-state index in [-0.39, 0.29) is 0 Å². The zero-order valence-corrected chi connectivity index (χ0v) is 11.8. The molecule has 20 heavy (non-hydrogen) atoms. The van der Waals surface area contributed by atoms with E-state index in [1.807, 2.05) is 6.92 Å². The van der Waals surface area contributed by atoms with Crippen LogP contribution in [-0.4, -0.2) is 23.7 Å². The summed E-state index contributed by atoms with van der Waals surface area (Å²) in [7, 11) is 0. The first-order valence-electron chi connectivity index (χ1n) is 6.41. The van der Waals surface area contributed by atoms with E-state index in [4.69, 9.17) is 0 Å². The molecule has 1 aromatic carbocycles. The number of hydrogen-bond acceptors (Lipinski definition) is 2. The summed E-state index contributed by atoms with van der Waals surface area (Å²) in [6.45, 7) is 7.50. The second-order valence-electron chi connectivity index (χ2n) is 4.71. The van der Waals surface area contributed by atoms with Crippen molar-refractivity contribution in [1.29, 1.82) is 0 Å². The summed E-state index contributed by atoms with van der Waals surface area (Å²) in [5, 5.41) is 14.5. The summed E-state index contributed by atoms with van der Waals surface area (Å²) in [5.74, 6) is -1.12. The summed E-state index contributed by atoms with van der Waals surface area (Å²) in [5.41, 5.74) is -0.0901. The third-order valence-electron chi connectivity index (χ3n) is 3.14. The lowest BCUT2D eigenvalue weighted by molar-refractivity contribution is -0.144. The number of carboxylic acid groups (broad SMARTS) is 1. The Morgan fingerprint density at radius 3 is 2.40 bits per heavy atom. The van der Waals surface area contributed by atoms with Crippen molar-refractivity contribution in [1.82, 2.24) is 10.6 Å². The first kappa shape index (κ1) is 15.8. The number of carbonyl (C=O) groups is 2. The summed E-state index contributed by atoms with van der Waals surface area (Å²) < 4.78 is 0. The van der Waals surface area contributed by atoms with Crippen molar-refractivity contribution < 1.29 is 14.7 Å². The molecule has 0 spiro atoms. The molecule has 0 aromatic heterocycles. The number of rotatable bonds is 6. The molecule has 2 amide bonds. The predicted octanol–water partition coefficient (Wildman–Crippen LogP) is 2.25. The van der Waals surface area contributed by atoms with E-state index in [2.05, 4.69) is 17.2 Å². The van der Waals surface area contributed by atoms with Crippen LogP contribution in [0, 0.1) is 0 Å². The van der Waals surface area contributed by atoms with E-state index in [1.165, 1.54) is 6.92 Å². The van der Waals surface area contributed by atoms with Crippen molar-refractivity contribution in [2.24, 2.45) is 0 Å². The maximum absolute atomic E-state index is 11.8. The molecule has 0 saturated heterocycles. The molecule has 3 N–H and O–H groups in total. The Bertz CT molecular complexity index is 499. The van der Waals surface area contributed by atoms with Crippen LogP contribution >= 0.6 is 0 Å². The van der Waals surface area contributed by atoms with E-state index in [1.54, 1.807) is 30.3 Å². The van der Waals surface area contributed by atoms with E-state index in [0.29, 0.717) is 12.1 Å². The normalized spacial score (nSPS) is 13.1. The lowest BCUT2D eigenvalue weighted by Crippen LogP contribution is -2.53. The number of carbonyl (C=O) groups excluding carboxylic acids is 1. The molecule has 0 heterocycles. The van der Waals surface area contributed by atoms with Gasteiger partial charge in [-0.05, 0) is 18.9 Å². The number of benzene rings is 1. The lowest BCUT2D eigenvalue weighted by Gasteiger charge is -2.27. The maximum atomic E-state index is 11.8. The Morgan fingerprint density at radius 1 is 1.30 bits per heavy atom. The number of aliphatic carboxylic acids is 1. The standard InChI is InChI=1S/C15H20N2O3/c1-4-11(2)10-16-14(20)17-15(3,13(18)19)12-8-6-5-7-9-12/h5-9H,2,4,10H2,1,3H3,(H,18,19)(H2,16,17,20). The van der Waals surface area contributed by atoms with Gasteiger partial charge < -0.3 is 15.7 Å². The minimum atomic E-state index is -1.47. The van der Waals surface area contributed by atoms with Crippen LogP contribution in [0.1, 0.15) is 25.8 Å². The molecule has 0 fully saturated rings. The second kappa shape index (κ2) is 6.75. The van der Waals surface area contributed by atoms with E-state index >= 15 is 0 Å². The van der Waals surface area contributed by atoms with Gasteiger partial charge >= 0.3 is 12.0 Å². The largest absolute Gasteiger partial charge is 0.479 e. The zero-order valence-electron chi connectivity index (χ0n) is 11.8. The monoisotopic (exact) mass is 276 g/mol. The van der Waals surface area contributed by atoms with Crippen LogP contribution in [-0.2, 0) is 10.3 Å². The Balaban J connectivity index is 2.81. The summed E-state index contributed by atoms with van der Waals surface area (Å²) >= 11 is 0. The molecule has 1 atom stereocenters. The highest BCUT2D eigenvalue weighted by molar-refractivity contribution is 5.87. The lowest BCUT2D eigenvalue weighted by atomic mass is 9.92. The second-order valence-corrected chi connectivity index (χ2v) is 4.71. The van der Waals surface area contributed by atoms with Crippen LogP contribution in [0.25, 0.3) is 0 Å². The summed E-state index contributed by atoms with van der Waals surface area (Å²) in [6, 6.07) is 8.05. The SMILES string of the molecule is C=C(CC)CNC(=O)NC(C)(C(=O)O)c1ccccc1. The average molecular weight is 276 g/mol. The molecule has 0 saturated carbocycles. The van der Waals surface area contributed by atoms with Crippen LogP contribution in [0.2, 0.25) is 0 Å². The molecule has 0 aliphatic rings. The van der Waals surface area contributed by atoms with Gasteiger partial charge in [0, 0.05) is 6.54 Å². The number of urea groups is 1. The van der Waals surface area contributed by atoms with Gasteiger partial charge in [-0.1, -0.05) is 49.4 Å². The van der Waals surface area contributed by atoms with Gasteiger partial charge in [-0.2, -0.15) is 0 Å². The fourth-order valence-corrected chi connectivity index (χ4v) is 1.62. The van der Waals surface area contributed by atoms with Gasteiger partial charge in [0.15, 0.2) is 5.54 Å². The Morgan fingerprint density at radius 2 is 1.90 bits per heavy atom. The van der Waals surface area contributed by atoms with E-state index in [9.17, 15) is 14.7 Å². The van der Waals surface area contributed by atoms with Gasteiger partial charge in [-0.15, -0.1) is 0 Å². The van der Waals surface area contributed by atoms with Crippen LogP contribution in [0.4, 0.5) is 4.79 Å². The zero-order chi connectivity index (χ0) is 15.2. The molecular weight excluding hydrogens is 256 g/mol. The van der Waals surface area contributed by atoms with Crippen LogP contribution in [0.3, 0.4) is 0 Å². The number of carboxylic acids is 1. The van der Waals surface area contributed by atoms with Crippen LogP contribution in [0.15, 0.2) is 42.5 Å². The van der Waals surface area contributed by atoms with Crippen LogP contribution in [0.5, 0.6) is 0 Å². The van der Waals surface area contributed by atoms with Crippen molar-refractivity contribution >= 4 is 12.0 Å².